The van der Waals surface area contributed by atoms with Crippen LogP contribution in [0.5, 0.6) is 0 Å². The lowest BCUT2D eigenvalue weighted by atomic mass is 10.5. The van der Waals surface area contributed by atoms with Crippen molar-refractivity contribution in [1.29, 1.82) is 0 Å². The van der Waals surface area contributed by atoms with Crippen molar-refractivity contribution < 1.29 is 0 Å². The third kappa shape index (κ3) is 1.11. The van der Waals surface area contributed by atoms with E-state index in [1.165, 1.54) is 6.33 Å². The fourth-order valence-corrected chi connectivity index (χ4v) is 1.51. The van der Waals surface area contributed by atoms with Gasteiger partial charge in [0.25, 0.3) is 0 Å². The molecule has 0 unspecified atom stereocenters. The Kier molecular flexibility index (Phi) is 1.55. The average molecular weight is 200 g/mol. The van der Waals surface area contributed by atoms with Crippen LogP contribution in [-0.4, -0.2) is 29.1 Å². The molecule has 0 spiro atoms. The molecule has 0 atom stereocenters. The quantitative estimate of drug-likeness (QED) is 0.575. The Balaban J connectivity index is 2.36. The summed E-state index contributed by atoms with van der Waals surface area (Å²) in [5.41, 5.74) is 1.59. The highest BCUT2D eigenvalue weighted by Gasteiger charge is 2.08. The van der Waals surface area contributed by atoms with Crippen LogP contribution in [0.1, 0.15) is 0 Å². The Morgan fingerprint density at radius 3 is 2.87 bits per heavy atom. The molecule has 0 aliphatic rings. The summed E-state index contributed by atoms with van der Waals surface area (Å²) in [4.78, 5) is 16.6. The minimum atomic E-state index is 0.748. The molecule has 0 amide bonds. The maximum absolute atomic E-state index is 4.26. The number of aryl methyl sites for hydroxylation is 1. The van der Waals surface area contributed by atoms with Gasteiger partial charge in [0.1, 0.15) is 12.7 Å². The molecule has 0 bridgehead atoms. The SMILES string of the molecule is Cn1cnc2c(-n3ccnc3)ncnc21. The van der Waals surface area contributed by atoms with E-state index in [0.717, 1.165) is 17.0 Å². The first-order valence-electron chi connectivity index (χ1n) is 4.46. The largest absolute Gasteiger partial charge is 0.318 e. The monoisotopic (exact) mass is 200 g/mol. The Morgan fingerprint density at radius 2 is 2.07 bits per heavy atom. The Morgan fingerprint density at radius 1 is 1.13 bits per heavy atom. The molecule has 3 aromatic rings. The molecule has 74 valence electrons. The van der Waals surface area contributed by atoms with Crippen molar-refractivity contribution in [2.45, 2.75) is 0 Å². The van der Waals surface area contributed by atoms with Crippen molar-refractivity contribution in [2.24, 2.45) is 7.05 Å². The van der Waals surface area contributed by atoms with Gasteiger partial charge in [-0.25, -0.2) is 19.9 Å². The lowest BCUT2D eigenvalue weighted by molar-refractivity contribution is 0.924. The second-order valence-corrected chi connectivity index (χ2v) is 3.19. The predicted molar refractivity (Wildman–Crippen MR) is 53.4 cm³/mol. The zero-order valence-corrected chi connectivity index (χ0v) is 8.07. The molecule has 6 heteroatoms. The fourth-order valence-electron chi connectivity index (χ4n) is 1.51. The van der Waals surface area contributed by atoms with Gasteiger partial charge in [-0.3, -0.25) is 4.57 Å². The summed E-state index contributed by atoms with van der Waals surface area (Å²) in [5, 5.41) is 0. The summed E-state index contributed by atoms with van der Waals surface area (Å²) in [6.07, 6.45) is 8.48. The number of fused-ring (bicyclic) bond motifs is 1. The van der Waals surface area contributed by atoms with Crippen molar-refractivity contribution in [3.05, 3.63) is 31.4 Å². The minimum Gasteiger partial charge on any atom is -0.318 e. The van der Waals surface area contributed by atoms with Crippen molar-refractivity contribution in [3.8, 4) is 5.82 Å². The van der Waals surface area contributed by atoms with Crippen LogP contribution in [0.2, 0.25) is 0 Å². The second-order valence-electron chi connectivity index (χ2n) is 3.19. The van der Waals surface area contributed by atoms with Crippen molar-refractivity contribution in [1.82, 2.24) is 29.1 Å². The molecule has 3 aromatic heterocycles. The number of hydrogen-bond donors (Lipinski definition) is 0. The van der Waals surface area contributed by atoms with Gasteiger partial charge in [-0.05, 0) is 0 Å². The Bertz CT molecular complexity index is 594. The molecule has 6 nitrogen and oxygen atoms in total. The first-order valence-corrected chi connectivity index (χ1v) is 4.46. The van der Waals surface area contributed by atoms with Gasteiger partial charge in [-0.2, -0.15) is 0 Å². The van der Waals surface area contributed by atoms with Gasteiger partial charge in [0.15, 0.2) is 17.0 Å². The molecular weight excluding hydrogens is 192 g/mol. The Labute approximate surface area is 85.3 Å². The predicted octanol–water partition coefficient (Wildman–Crippen LogP) is 0.549. The van der Waals surface area contributed by atoms with Gasteiger partial charge in [0.05, 0.1) is 6.33 Å². The highest BCUT2D eigenvalue weighted by atomic mass is 15.2. The fraction of sp³-hybridized carbons (Fsp3) is 0.111. The summed E-state index contributed by atoms with van der Waals surface area (Å²) in [6.45, 7) is 0. The summed E-state index contributed by atoms with van der Waals surface area (Å²) in [7, 11) is 1.90. The number of rotatable bonds is 1. The maximum atomic E-state index is 4.26. The van der Waals surface area contributed by atoms with Crippen LogP contribution >= 0.6 is 0 Å². The maximum Gasteiger partial charge on any atom is 0.169 e. The van der Waals surface area contributed by atoms with E-state index in [9.17, 15) is 0 Å². The van der Waals surface area contributed by atoms with Gasteiger partial charge in [0, 0.05) is 19.4 Å². The molecule has 0 fully saturated rings. The molecule has 0 aliphatic carbocycles. The lowest BCUT2D eigenvalue weighted by Crippen LogP contribution is -1.97. The van der Waals surface area contributed by atoms with Gasteiger partial charge < -0.3 is 4.57 Å². The molecular formula is C9H8N6. The van der Waals surface area contributed by atoms with E-state index in [-0.39, 0.29) is 0 Å². The molecule has 0 N–H and O–H groups in total. The minimum absolute atomic E-state index is 0.748. The zero-order valence-electron chi connectivity index (χ0n) is 8.07. The van der Waals surface area contributed by atoms with Crippen molar-refractivity contribution >= 4 is 11.2 Å². The molecule has 0 saturated carbocycles. The van der Waals surface area contributed by atoms with Gasteiger partial charge >= 0.3 is 0 Å². The van der Waals surface area contributed by atoms with E-state index >= 15 is 0 Å². The first-order chi connectivity index (χ1) is 7.36. The standard InChI is InChI=1S/C9H8N6/c1-14-6-13-7-8(14)11-4-12-9(7)15-3-2-10-5-15/h2-6H,1H3. The van der Waals surface area contributed by atoms with E-state index < -0.39 is 0 Å². The van der Waals surface area contributed by atoms with Crippen LogP contribution in [0.4, 0.5) is 0 Å². The Hall–Kier alpha value is -2.24. The van der Waals surface area contributed by atoms with Crippen LogP contribution < -0.4 is 0 Å². The highest BCUT2D eigenvalue weighted by Crippen LogP contribution is 2.14. The van der Waals surface area contributed by atoms with Crippen LogP contribution in [-0.2, 0) is 7.05 Å². The molecule has 3 rings (SSSR count). The number of hydrogen-bond acceptors (Lipinski definition) is 4. The van der Waals surface area contributed by atoms with E-state index in [1.807, 2.05) is 22.4 Å². The molecule has 0 aliphatic heterocycles. The molecule has 0 aromatic carbocycles. The van der Waals surface area contributed by atoms with E-state index in [1.54, 1.807) is 18.9 Å². The van der Waals surface area contributed by atoms with Gasteiger partial charge in [-0.15, -0.1) is 0 Å². The number of imidazole rings is 2. The van der Waals surface area contributed by atoms with Crippen molar-refractivity contribution in [2.75, 3.05) is 0 Å². The van der Waals surface area contributed by atoms with Crippen LogP contribution in [0.3, 0.4) is 0 Å². The third-order valence-corrected chi connectivity index (χ3v) is 2.23. The normalized spacial score (nSPS) is 11.0. The topological polar surface area (TPSA) is 61.4 Å². The summed E-state index contributed by atoms with van der Waals surface area (Å²) < 4.78 is 3.68. The number of nitrogens with zero attached hydrogens (tertiary/aromatic N) is 6. The first kappa shape index (κ1) is 8.10. The summed E-state index contributed by atoms with van der Waals surface area (Å²) >= 11 is 0. The van der Waals surface area contributed by atoms with Crippen LogP contribution in [0.25, 0.3) is 17.0 Å². The van der Waals surface area contributed by atoms with Gasteiger partial charge in [0.2, 0.25) is 0 Å². The van der Waals surface area contributed by atoms with Crippen molar-refractivity contribution in [3.63, 3.8) is 0 Å². The highest BCUT2D eigenvalue weighted by molar-refractivity contribution is 5.78. The van der Waals surface area contributed by atoms with E-state index in [4.69, 9.17) is 0 Å². The van der Waals surface area contributed by atoms with E-state index in [2.05, 4.69) is 19.9 Å². The summed E-state index contributed by atoms with van der Waals surface area (Å²) in [5.74, 6) is 0.748. The lowest BCUT2D eigenvalue weighted by Gasteiger charge is -2.00. The van der Waals surface area contributed by atoms with Crippen LogP contribution in [0.15, 0.2) is 31.4 Å². The summed E-state index contributed by atoms with van der Waals surface area (Å²) in [6, 6.07) is 0. The van der Waals surface area contributed by atoms with Crippen LogP contribution in [0, 0.1) is 0 Å². The number of aromatic nitrogens is 6. The molecule has 0 saturated heterocycles. The smallest absolute Gasteiger partial charge is 0.169 e. The molecule has 15 heavy (non-hydrogen) atoms. The average Bonchev–Trinajstić information content (AvgIpc) is 2.88. The molecule has 3 heterocycles. The van der Waals surface area contributed by atoms with Gasteiger partial charge in [-0.1, -0.05) is 0 Å². The molecule has 0 radical (unpaired) electrons. The zero-order chi connectivity index (χ0) is 10.3. The second kappa shape index (κ2) is 2.88. The third-order valence-electron chi connectivity index (χ3n) is 2.23. The van der Waals surface area contributed by atoms with E-state index in [0.29, 0.717) is 0 Å².